The number of anilines is 2. The number of nitrogens with zero attached hydrogens (tertiary/aromatic N) is 3. The fourth-order valence-electron chi connectivity index (χ4n) is 1.36. The molecule has 7 nitrogen and oxygen atoms in total. The molecule has 4 N–H and O–H groups in total. The summed E-state index contributed by atoms with van der Waals surface area (Å²) in [6, 6.07) is -0.0916. The summed E-state index contributed by atoms with van der Waals surface area (Å²) in [6.07, 6.45) is 4.81. The Bertz CT molecular complexity index is 497. The molecule has 0 aliphatic rings. The van der Waals surface area contributed by atoms with Gasteiger partial charge in [-0.05, 0) is 13.8 Å². The minimum atomic E-state index is -0.0916. The number of aromatic nitrogens is 3. The molecular weight excluding hydrogens is 220 g/mol. The lowest BCUT2D eigenvalue weighted by atomic mass is 10.3. The van der Waals surface area contributed by atoms with Crippen molar-refractivity contribution in [2.45, 2.75) is 19.9 Å². The molecule has 2 rings (SSSR count). The summed E-state index contributed by atoms with van der Waals surface area (Å²) in [7, 11) is 0. The van der Waals surface area contributed by atoms with E-state index in [0.29, 0.717) is 17.5 Å². The van der Waals surface area contributed by atoms with Crippen molar-refractivity contribution in [2.75, 3.05) is 10.7 Å². The highest BCUT2D eigenvalue weighted by Crippen LogP contribution is 2.17. The number of aryl methyl sites for hydroxylation is 1. The van der Waals surface area contributed by atoms with Crippen LogP contribution in [0.15, 0.2) is 23.0 Å². The molecule has 0 bridgehead atoms. The average molecular weight is 234 g/mol. The minimum absolute atomic E-state index is 0.0916. The Hall–Kier alpha value is -2.15. The number of hydrogen-bond acceptors (Lipinski definition) is 7. The van der Waals surface area contributed by atoms with Gasteiger partial charge in [0.05, 0.1) is 18.6 Å². The van der Waals surface area contributed by atoms with Crippen LogP contribution in [0.25, 0.3) is 0 Å². The zero-order valence-electron chi connectivity index (χ0n) is 9.64. The molecule has 0 saturated carbocycles. The molecule has 2 aromatic rings. The number of rotatable bonds is 4. The highest BCUT2D eigenvalue weighted by atomic mass is 16.4. The molecule has 0 spiro atoms. The monoisotopic (exact) mass is 234 g/mol. The van der Waals surface area contributed by atoms with Gasteiger partial charge in [0.15, 0.2) is 5.82 Å². The van der Waals surface area contributed by atoms with Gasteiger partial charge in [0, 0.05) is 0 Å². The van der Waals surface area contributed by atoms with Crippen LogP contribution in [0.1, 0.15) is 24.6 Å². The first-order valence-corrected chi connectivity index (χ1v) is 5.16. The maximum absolute atomic E-state index is 5.41. The molecule has 0 fully saturated rings. The van der Waals surface area contributed by atoms with Gasteiger partial charge in [0.2, 0.25) is 5.89 Å². The van der Waals surface area contributed by atoms with E-state index in [9.17, 15) is 0 Å². The van der Waals surface area contributed by atoms with Gasteiger partial charge in [-0.2, -0.15) is 0 Å². The second-order valence-corrected chi connectivity index (χ2v) is 3.61. The van der Waals surface area contributed by atoms with Crippen molar-refractivity contribution in [3.8, 4) is 0 Å². The summed E-state index contributed by atoms with van der Waals surface area (Å²) >= 11 is 0. The summed E-state index contributed by atoms with van der Waals surface area (Å²) in [5.74, 6) is 7.73. The fourth-order valence-corrected chi connectivity index (χ4v) is 1.36. The molecule has 0 aliphatic heterocycles. The van der Waals surface area contributed by atoms with Crippen LogP contribution < -0.4 is 16.6 Å². The molecule has 0 aromatic carbocycles. The van der Waals surface area contributed by atoms with Crippen LogP contribution >= 0.6 is 0 Å². The number of hydrazine groups is 1. The van der Waals surface area contributed by atoms with Crippen LogP contribution in [0.5, 0.6) is 0 Å². The van der Waals surface area contributed by atoms with Gasteiger partial charge in [-0.25, -0.2) is 15.8 Å². The van der Waals surface area contributed by atoms with Gasteiger partial charge in [-0.15, -0.1) is 0 Å². The lowest BCUT2D eigenvalue weighted by Crippen LogP contribution is -2.12. The van der Waals surface area contributed by atoms with Crippen LogP contribution in [0.3, 0.4) is 0 Å². The van der Waals surface area contributed by atoms with Gasteiger partial charge >= 0.3 is 0 Å². The molecule has 7 heteroatoms. The summed E-state index contributed by atoms with van der Waals surface area (Å²) in [5.41, 5.74) is 2.43. The highest BCUT2D eigenvalue weighted by Gasteiger charge is 2.11. The molecule has 2 heterocycles. The first-order valence-electron chi connectivity index (χ1n) is 5.16. The molecule has 0 amide bonds. The molecule has 17 heavy (non-hydrogen) atoms. The highest BCUT2D eigenvalue weighted by molar-refractivity contribution is 5.41. The number of nitrogens with two attached hydrogens (primary N) is 1. The first kappa shape index (κ1) is 11.3. The van der Waals surface area contributed by atoms with Crippen LogP contribution in [-0.2, 0) is 0 Å². The van der Waals surface area contributed by atoms with Crippen LogP contribution in [-0.4, -0.2) is 15.0 Å². The van der Waals surface area contributed by atoms with E-state index in [0.717, 1.165) is 5.76 Å². The van der Waals surface area contributed by atoms with Crippen LogP contribution in [0, 0.1) is 6.92 Å². The lowest BCUT2D eigenvalue weighted by molar-refractivity contribution is 0.453. The summed E-state index contributed by atoms with van der Waals surface area (Å²) in [4.78, 5) is 12.3. The standard InChI is InChI=1S/C10H14N6O/c1-6-3-13-10(17-6)7(2)14-8-4-12-5-9(15-8)16-11/h3-5,7H,11H2,1-2H3,(H2,14,15,16). The fraction of sp³-hybridized carbons (Fsp3) is 0.300. The SMILES string of the molecule is Cc1cnc(C(C)Nc2cncc(NN)n2)o1. The summed E-state index contributed by atoms with van der Waals surface area (Å²) in [6.45, 7) is 3.78. The minimum Gasteiger partial charge on any atom is -0.444 e. The molecule has 0 saturated heterocycles. The largest absolute Gasteiger partial charge is 0.444 e. The van der Waals surface area contributed by atoms with Crippen LogP contribution in [0.4, 0.5) is 11.6 Å². The second kappa shape index (κ2) is 4.79. The zero-order valence-corrected chi connectivity index (χ0v) is 9.64. The number of hydrogen-bond donors (Lipinski definition) is 3. The van der Waals surface area contributed by atoms with Crippen molar-refractivity contribution in [1.82, 2.24) is 15.0 Å². The first-order chi connectivity index (χ1) is 8.19. The van der Waals surface area contributed by atoms with E-state index in [1.54, 1.807) is 12.4 Å². The maximum Gasteiger partial charge on any atom is 0.216 e. The van der Waals surface area contributed by atoms with Gasteiger partial charge < -0.3 is 15.2 Å². The Kier molecular flexibility index (Phi) is 3.20. The quantitative estimate of drug-likeness (QED) is 0.540. The van der Waals surface area contributed by atoms with Gasteiger partial charge in [0.1, 0.15) is 17.6 Å². The predicted molar refractivity (Wildman–Crippen MR) is 63.1 cm³/mol. The Balaban J connectivity index is 2.09. The van der Waals surface area contributed by atoms with Crippen molar-refractivity contribution >= 4 is 11.6 Å². The maximum atomic E-state index is 5.41. The normalized spacial score (nSPS) is 12.2. The van der Waals surface area contributed by atoms with E-state index in [2.05, 4.69) is 25.7 Å². The van der Waals surface area contributed by atoms with E-state index in [4.69, 9.17) is 10.3 Å². The molecule has 1 atom stereocenters. The van der Waals surface area contributed by atoms with E-state index < -0.39 is 0 Å². The third-order valence-electron chi connectivity index (χ3n) is 2.16. The van der Waals surface area contributed by atoms with Crippen molar-refractivity contribution in [3.05, 3.63) is 30.2 Å². The lowest BCUT2D eigenvalue weighted by Gasteiger charge is -2.11. The van der Waals surface area contributed by atoms with Gasteiger partial charge in [-0.3, -0.25) is 4.98 Å². The molecule has 1 unspecified atom stereocenters. The van der Waals surface area contributed by atoms with E-state index in [1.807, 2.05) is 13.8 Å². The van der Waals surface area contributed by atoms with Crippen LogP contribution in [0.2, 0.25) is 0 Å². The van der Waals surface area contributed by atoms with Crippen molar-refractivity contribution in [1.29, 1.82) is 0 Å². The van der Waals surface area contributed by atoms with E-state index in [-0.39, 0.29) is 6.04 Å². The zero-order chi connectivity index (χ0) is 12.3. The number of oxazole rings is 1. The van der Waals surface area contributed by atoms with Gasteiger partial charge in [0.25, 0.3) is 0 Å². The molecule has 0 radical (unpaired) electrons. The van der Waals surface area contributed by atoms with Crippen molar-refractivity contribution < 1.29 is 4.42 Å². The molecule has 90 valence electrons. The molecule has 0 aliphatic carbocycles. The van der Waals surface area contributed by atoms with E-state index >= 15 is 0 Å². The Morgan fingerprint density at radius 3 is 2.71 bits per heavy atom. The van der Waals surface area contributed by atoms with Crippen molar-refractivity contribution in [3.63, 3.8) is 0 Å². The van der Waals surface area contributed by atoms with E-state index in [1.165, 1.54) is 6.20 Å². The molecular formula is C10H14N6O. The smallest absolute Gasteiger partial charge is 0.216 e. The number of nitrogens with one attached hydrogen (secondary N) is 2. The Labute approximate surface area is 98.4 Å². The Morgan fingerprint density at radius 1 is 1.29 bits per heavy atom. The number of nitrogen functional groups attached to an aromatic ring is 1. The Morgan fingerprint density at radius 2 is 2.06 bits per heavy atom. The average Bonchev–Trinajstić information content (AvgIpc) is 2.76. The summed E-state index contributed by atoms with van der Waals surface area (Å²) < 4.78 is 5.41. The third kappa shape index (κ3) is 2.70. The predicted octanol–water partition coefficient (Wildman–Crippen LogP) is 1.23. The molecule has 2 aromatic heterocycles. The topological polar surface area (TPSA) is 102 Å². The van der Waals surface area contributed by atoms with Gasteiger partial charge in [-0.1, -0.05) is 0 Å². The third-order valence-corrected chi connectivity index (χ3v) is 2.16. The second-order valence-electron chi connectivity index (χ2n) is 3.61. The van der Waals surface area contributed by atoms with Crippen molar-refractivity contribution in [2.24, 2.45) is 5.84 Å². The summed E-state index contributed by atoms with van der Waals surface area (Å²) in [5, 5.41) is 3.12.